The van der Waals surface area contributed by atoms with E-state index in [2.05, 4.69) is 161 Å². The van der Waals surface area contributed by atoms with Gasteiger partial charge in [-0.1, -0.05) is 118 Å². The van der Waals surface area contributed by atoms with Crippen LogP contribution in [0.5, 0.6) is 0 Å². The Balaban J connectivity index is 0.000000252. The van der Waals surface area contributed by atoms with E-state index >= 15 is 0 Å². The number of Topliss-reactive ketones (excluding diaryl/α,β-unsaturated/α-hetero) is 4. The Hall–Kier alpha value is -3.12. The Labute approximate surface area is 466 Å². The third-order valence-corrected chi connectivity index (χ3v) is 16.6. The molecule has 3 fully saturated rings. The summed E-state index contributed by atoms with van der Waals surface area (Å²) in [6, 6.07) is 22.1. The molecule has 0 aliphatic carbocycles. The van der Waals surface area contributed by atoms with Gasteiger partial charge in [0.15, 0.2) is 11.6 Å². The van der Waals surface area contributed by atoms with Crippen LogP contribution in [0.4, 0.5) is 0 Å². The van der Waals surface area contributed by atoms with Crippen molar-refractivity contribution >= 4 is 23.1 Å². The average molecular weight is 1060 g/mol. The smallest absolute Gasteiger partial charge is 0.152 e. The maximum atomic E-state index is 12.4. The predicted molar refractivity (Wildman–Crippen MR) is 321 cm³/mol. The number of hydrogen-bond acceptors (Lipinski definition) is 10. The maximum Gasteiger partial charge on any atom is 0.152 e. The van der Waals surface area contributed by atoms with Crippen molar-refractivity contribution < 1.29 is 19.2 Å². The SMILES string of the molecule is CC(C)C(=O)C1CCCN1C(C)C.CC(C)C(=O)C1CCN(C(C)C)C1.CC(C)C(=O)C1Cc2ccccc2CN1C(C)C.CC(C)C(=O)CC1CCCN1C(C)C.CC(C)NCC1Cc2ccccc2CN1C(C)C. The standard InChI is InChI=1S/C16H26N2.C16H23NO.C12H23NO.2C11H21NO/c1-12(2)17-10-16-9-14-7-5-6-8-15(14)11-18(16)13(3)4;1-11(2)16(18)15-9-13-7-5-6-8-14(13)10-17(15)12(3)4;1-9(2)12(14)8-11-6-5-7-13(11)10(3)4;1-8(2)11(13)10-5-6-12(7-10)9(3)4;1-8(2)11(13)10-6-5-7-12(10)9(3)4/h5-8,12-13,16-17H,9-11H2,1-4H3;5-8,11-12,15H,9-10H2,1-4H3;9-11H,5-8H2,1-4H3;2*8-10H,5-7H2,1-4H3. The van der Waals surface area contributed by atoms with Gasteiger partial charge in [0.2, 0.25) is 0 Å². The molecule has 5 aliphatic heterocycles. The van der Waals surface area contributed by atoms with E-state index in [0.29, 0.717) is 77.4 Å². The van der Waals surface area contributed by atoms with Gasteiger partial charge in [-0.3, -0.25) is 38.8 Å². The molecule has 0 spiro atoms. The number of carbonyl (C=O) groups is 4. The second-order valence-electron chi connectivity index (χ2n) is 25.9. The molecule has 2 aromatic rings. The third kappa shape index (κ3) is 20.8. The molecule has 0 bridgehead atoms. The number of fused-ring (bicyclic) bond motifs is 2. The summed E-state index contributed by atoms with van der Waals surface area (Å²) in [5.41, 5.74) is 5.75. The van der Waals surface area contributed by atoms with Crippen LogP contribution in [-0.4, -0.2) is 141 Å². The molecule has 1 N–H and O–H groups in total. The van der Waals surface area contributed by atoms with Gasteiger partial charge in [0.05, 0.1) is 12.1 Å². The lowest BCUT2D eigenvalue weighted by atomic mass is 9.87. The molecule has 10 nitrogen and oxygen atoms in total. The van der Waals surface area contributed by atoms with Gasteiger partial charge in [0.25, 0.3) is 0 Å². The lowest BCUT2D eigenvalue weighted by Gasteiger charge is -2.40. The zero-order chi connectivity index (χ0) is 57.1. The van der Waals surface area contributed by atoms with E-state index in [4.69, 9.17) is 0 Å². The van der Waals surface area contributed by atoms with E-state index in [0.717, 1.165) is 65.0 Å². The molecule has 0 aromatic heterocycles. The molecule has 2 aromatic carbocycles. The normalized spacial score (nSPS) is 22.4. The van der Waals surface area contributed by atoms with Gasteiger partial charge in [-0.2, -0.15) is 0 Å². The molecule has 0 saturated carbocycles. The number of carbonyl (C=O) groups excluding carboxylic acids is 4. The van der Waals surface area contributed by atoms with E-state index in [-0.39, 0.29) is 35.8 Å². The summed E-state index contributed by atoms with van der Waals surface area (Å²) in [5, 5.41) is 3.59. The Morgan fingerprint density at radius 1 is 0.461 bits per heavy atom. The van der Waals surface area contributed by atoms with Crippen LogP contribution >= 0.6 is 0 Å². The number of rotatable bonds is 17. The van der Waals surface area contributed by atoms with Crippen molar-refractivity contribution in [3.8, 4) is 0 Å². The highest BCUT2D eigenvalue weighted by molar-refractivity contribution is 5.87. The molecule has 432 valence electrons. The van der Waals surface area contributed by atoms with E-state index in [1.54, 1.807) is 0 Å². The van der Waals surface area contributed by atoms with Gasteiger partial charge >= 0.3 is 0 Å². The highest BCUT2D eigenvalue weighted by atomic mass is 16.1. The molecule has 5 unspecified atom stereocenters. The molecule has 0 radical (unpaired) electrons. The first-order valence-electron chi connectivity index (χ1n) is 30.4. The fourth-order valence-corrected chi connectivity index (χ4v) is 11.8. The third-order valence-electron chi connectivity index (χ3n) is 16.6. The minimum atomic E-state index is 0.0555. The van der Waals surface area contributed by atoms with Crippen molar-refractivity contribution in [2.24, 2.45) is 29.6 Å². The fourth-order valence-electron chi connectivity index (χ4n) is 11.8. The van der Waals surface area contributed by atoms with E-state index < -0.39 is 0 Å². The quantitative estimate of drug-likeness (QED) is 0.165. The number of nitrogens with zero attached hydrogens (tertiary/aromatic N) is 5. The lowest BCUT2D eigenvalue weighted by Crippen LogP contribution is -2.50. The van der Waals surface area contributed by atoms with Crippen LogP contribution in [0.25, 0.3) is 0 Å². The first kappa shape index (κ1) is 67.2. The van der Waals surface area contributed by atoms with Gasteiger partial charge < -0.3 is 10.2 Å². The monoisotopic (exact) mass is 1050 g/mol. The highest BCUT2D eigenvalue weighted by Crippen LogP contribution is 2.29. The van der Waals surface area contributed by atoms with Gasteiger partial charge in [0.1, 0.15) is 11.6 Å². The minimum Gasteiger partial charge on any atom is -0.313 e. The van der Waals surface area contributed by atoms with Crippen LogP contribution in [0.1, 0.15) is 199 Å². The molecule has 7 rings (SSSR count). The fraction of sp³-hybridized carbons (Fsp3) is 0.758. The van der Waals surface area contributed by atoms with Crippen molar-refractivity contribution in [3.05, 3.63) is 70.8 Å². The number of likely N-dealkylation sites (tertiary alicyclic amines) is 3. The molecular weight excluding hydrogens is 941 g/mol. The van der Waals surface area contributed by atoms with Gasteiger partial charge in [-0.15, -0.1) is 0 Å². The average Bonchev–Trinajstić information content (AvgIpc) is 4.18. The summed E-state index contributed by atoms with van der Waals surface area (Å²) in [6.45, 7) is 50.0. The molecule has 0 amide bonds. The number of benzene rings is 2. The summed E-state index contributed by atoms with van der Waals surface area (Å²) < 4.78 is 0. The molecular formula is C66H114N6O4. The van der Waals surface area contributed by atoms with Crippen molar-refractivity contribution in [3.63, 3.8) is 0 Å². The van der Waals surface area contributed by atoms with Gasteiger partial charge in [0, 0.05) is 111 Å². The summed E-state index contributed by atoms with van der Waals surface area (Å²) in [6.07, 6.45) is 8.58. The van der Waals surface area contributed by atoms with Crippen LogP contribution in [0.3, 0.4) is 0 Å². The molecule has 3 saturated heterocycles. The van der Waals surface area contributed by atoms with Gasteiger partial charge in [-0.25, -0.2) is 0 Å². The number of hydrogen-bond donors (Lipinski definition) is 1. The molecule has 10 heteroatoms. The van der Waals surface area contributed by atoms with Crippen molar-refractivity contribution in [2.45, 2.75) is 263 Å². The Kier molecular flexibility index (Phi) is 29.0. The Morgan fingerprint density at radius 2 is 0.921 bits per heavy atom. The first-order valence-corrected chi connectivity index (χ1v) is 30.4. The predicted octanol–water partition coefficient (Wildman–Crippen LogP) is 12.4. The first-order chi connectivity index (χ1) is 35.7. The van der Waals surface area contributed by atoms with Crippen molar-refractivity contribution in [1.82, 2.24) is 29.8 Å². The van der Waals surface area contributed by atoms with Crippen LogP contribution < -0.4 is 5.32 Å². The van der Waals surface area contributed by atoms with Gasteiger partial charge in [-0.05, 0) is 156 Å². The second kappa shape index (κ2) is 32.8. The zero-order valence-electron chi connectivity index (χ0n) is 52.3. The molecule has 5 heterocycles. The van der Waals surface area contributed by atoms with Crippen LogP contribution in [0.2, 0.25) is 0 Å². The zero-order valence-corrected chi connectivity index (χ0v) is 52.3. The van der Waals surface area contributed by atoms with Crippen molar-refractivity contribution in [1.29, 1.82) is 0 Å². The molecule has 5 atom stereocenters. The van der Waals surface area contributed by atoms with E-state index in [1.165, 1.54) is 54.5 Å². The summed E-state index contributed by atoms with van der Waals surface area (Å²) >= 11 is 0. The highest BCUT2D eigenvalue weighted by Gasteiger charge is 2.36. The topological polar surface area (TPSA) is 96.5 Å². The molecule has 76 heavy (non-hydrogen) atoms. The molecule has 5 aliphatic rings. The second-order valence-corrected chi connectivity index (χ2v) is 25.9. The van der Waals surface area contributed by atoms with E-state index in [1.807, 2.05) is 55.4 Å². The van der Waals surface area contributed by atoms with Crippen LogP contribution in [0, 0.1) is 29.6 Å². The largest absolute Gasteiger partial charge is 0.313 e. The lowest BCUT2D eigenvalue weighted by molar-refractivity contribution is -0.129. The minimum absolute atomic E-state index is 0.0555. The van der Waals surface area contributed by atoms with Crippen LogP contribution in [0.15, 0.2) is 48.5 Å². The Bertz CT molecular complexity index is 2040. The van der Waals surface area contributed by atoms with Crippen LogP contribution in [-0.2, 0) is 45.1 Å². The van der Waals surface area contributed by atoms with Crippen molar-refractivity contribution in [2.75, 3.05) is 32.7 Å². The summed E-state index contributed by atoms with van der Waals surface area (Å²) in [4.78, 5) is 59.7. The number of ketones is 4. The number of nitrogens with one attached hydrogen (secondary N) is 1. The van der Waals surface area contributed by atoms with E-state index in [9.17, 15) is 19.2 Å². The summed E-state index contributed by atoms with van der Waals surface area (Å²) in [7, 11) is 0. The Morgan fingerprint density at radius 3 is 1.38 bits per heavy atom. The maximum absolute atomic E-state index is 12.4. The summed E-state index contributed by atoms with van der Waals surface area (Å²) in [5.74, 6) is 2.67.